The van der Waals surface area contributed by atoms with Gasteiger partial charge in [-0.05, 0) is 19.9 Å². The summed E-state index contributed by atoms with van der Waals surface area (Å²) in [6.45, 7) is 3.07. The van der Waals surface area contributed by atoms with Gasteiger partial charge in [0.15, 0.2) is 0 Å². The molecule has 1 aromatic rings. The predicted octanol–water partition coefficient (Wildman–Crippen LogP) is 0.0528. The van der Waals surface area contributed by atoms with E-state index in [2.05, 4.69) is 4.72 Å². The number of methoxy groups -OCH3 is 1. The minimum absolute atomic E-state index is 0.00636. The fraction of sp³-hybridized carbons (Fsp3) is 0.583. The van der Waals surface area contributed by atoms with Gasteiger partial charge in [-0.2, -0.15) is 0 Å². The number of carboxylic acids is 1. The van der Waals surface area contributed by atoms with Crippen molar-refractivity contribution in [2.45, 2.75) is 30.8 Å². The lowest BCUT2D eigenvalue weighted by molar-refractivity contribution is 0.0683. The highest BCUT2D eigenvalue weighted by Crippen LogP contribution is 2.19. The Kier molecular flexibility index (Phi) is 5.90. The van der Waals surface area contributed by atoms with Crippen molar-refractivity contribution in [2.24, 2.45) is 0 Å². The fourth-order valence-corrected chi connectivity index (χ4v) is 3.05. The zero-order valence-corrected chi connectivity index (χ0v) is 12.9. The second-order valence-electron chi connectivity index (χ2n) is 4.82. The Bertz CT molecular complexity index is 593. The number of aromatic carboxylic acids is 1. The van der Waals surface area contributed by atoms with Crippen molar-refractivity contribution in [1.82, 2.24) is 9.29 Å². The Hall–Kier alpha value is -1.42. The summed E-state index contributed by atoms with van der Waals surface area (Å²) >= 11 is 0. The number of carbonyl (C=O) groups is 1. The van der Waals surface area contributed by atoms with Crippen LogP contribution in [0.4, 0.5) is 0 Å². The van der Waals surface area contributed by atoms with Gasteiger partial charge in [0.1, 0.15) is 10.6 Å². The Morgan fingerprint density at radius 2 is 2.10 bits per heavy atom. The van der Waals surface area contributed by atoms with Crippen molar-refractivity contribution < 1.29 is 28.2 Å². The number of aliphatic hydroxyl groups excluding tert-OH is 1. The number of nitrogens with zero attached hydrogens (tertiary/aromatic N) is 1. The standard InChI is InChI=1S/C12H20N2O6S/c1-8(2)14-5-10(4-11(14)12(16)17)21(18,19)13-9(6-15)7-20-3/h4-5,8-9,13,15H,6-7H2,1-3H3,(H,16,17). The summed E-state index contributed by atoms with van der Waals surface area (Å²) in [7, 11) is -2.55. The molecule has 120 valence electrons. The van der Waals surface area contributed by atoms with E-state index in [1.807, 2.05) is 0 Å². The molecular formula is C12H20N2O6S. The first-order valence-corrected chi connectivity index (χ1v) is 7.78. The van der Waals surface area contributed by atoms with Gasteiger partial charge in [0, 0.05) is 19.3 Å². The van der Waals surface area contributed by atoms with Gasteiger partial charge in [-0.3, -0.25) is 0 Å². The highest BCUT2D eigenvalue weighted by Gasteiger charge is 2.24. The molecule has 0 aliphatic heterocycles. The lowest BCUT2D eigenvalue weighted by Crippen LogP contribution is -2.40. The van der Waals surface area contributed by atoms with E-state index >= 15 is 0 Å². The van der Waals surface area contributed by atoms with Gasteiger partial charge in [-0.15, -0.1) is 0 Å². The van der Waals surface area contributed by atoms with Crippen LogP contribution in [0.3, 0.4) is 0 Å². The number of rotatable bonds is 8. The molecule has 0 bridgehead atoms. The normalized spacial score (nSPS) is 13.6. The lowest BCUT2D eigenvalue weighted by atomic mass is 10.3. The molecule has 0 aliphatic carbocycles. The minimum Gasteiger partial charge on any atom is -0.477 e. The average molecular weight is 320 g/mol. The van der Waals surface area contributed by atoms with Crippen LogP contribution in [0.2, 0.25) is 0 Å². The van der Waals surface area contributed by atoms with Gasteiger partial charge in [0.2, 0.25) is 10.0 Å². The molecule has 1 heterocycles. The molecule has 1 rings (SSSR count). The van der Waals surface area contributed by atoms with E-state index < -0.39 is 28.6 Å². The maximum absolute atomic E-state index is 12.2. The largest absolute Gasteiger partial charge is 0.477 e. The molecule has 1 aromatic heterocycles. The maximum atomic E-state index is 12.2. The van der Waals surface area contributed by atoms with E-state index in [4.69, 9.17) is 14.9 Å². The molecule has 0 saturated heterocycles. The Morgan fingerprint density at radius 3 is 2.48 bits per heavy atom. The smallest absolute Gasteiger partial charge is 0.352 e. The molecule has 9 heteroatoms. The number of aliphatic hydroxyl groups is 1. The molecule has 0 aromatic carbocycles. The second kappa shape index (κ2) is 7.03. The van der Waals surface area contributed by atoms with Crippen LogP contribution >= 0.6 is 0 Å². The van der Waals surface area contributed by atoms with Gasteiger partial charge in [-0.1, -0.05) is 0 Å². The number of hydrogen-bond donors (Lipinski definition) is 3. The third-order valence-corrected chi connectivity index (χ3v) is 4.31. The second-order valence-corrected chi connectivity index (χ2v) is 6.54. The molecule has 0 saturated carbocycles. The minimum atomic E-state index is -3.94. The van der Waals surface area contributed by atoms with Crippen LogP contribution in [0.1, 0.15) is 30.4 Å². The fourth-order valence-electron chi connectivity index (χ4n) is 1.81. The van der Waals surface area contributed by atoms with E-state index in [1.54, 1.807) is 13.8 Å². The van der Waals surface area contributed by atoms with Crippen LogP contribution in [0.5, 0.6) is 0 Å². The average Bonchev–Trinajstić information content (AvgIpc) is 2.84. The summed E-state index contributed by atoms with van der Waals surface area (Å²) < 4.78 is 32.8. The third kappa shape index (κ3) is 4.27. The first-order chi connectivity index (χ1) is 9.72. The number of carboxylic acid groups (broad SMARTS) is 1. The van der Waals surface area contributed by atoms with Gasteiger partial charge >= 0.3 is 5.97 Å². The van der Waals surface area contributed by atoms with Gasteiger partial charge in [-0.25, -0.2) is 17.9 Å². The van der Waals surface area contributed by atoms with E-state index in [1.165, 1.54) is 17.9 Å². The van der Waals surface area contributed by atoms with Crippen LogP contribution < -0.4 is 4.72 Å². The number of aromatic nitrogens is 1. The molecule has 0 aliphatic rings. The summed E-state index contributed by atoms with van der Waals surface area (Å²) in [5.74, 6) is -1.21. The van der Waals surface area contributed by atoms with E-state index in [0.29, 0.717) is 0 Å². The van der Waals surface area contributed by atoms with E-state index in [-0.39, 0.29) is 23.2 Å². The maximum Gasteiger partial charge on any atom is 0.352 e. The monoisotopic (exact) mass is 320 g/mol. The quantitative estimate of drug-likeness (QED) is 0.623. The van der Waals surface area contributed by atoms with Crippen LogP contribution in [0, 0.1) is 0 Å². The summed E-state index contributed by atoms with van der Waals surface area (Å²) in [5.41, 5.74) is -0.113. The summed E-state index contributed by atoms with van der Waals surface area (Å²) in [4.78, 5) is 11.0. The van der Waals surface area contributed by atoms with Crippen molar-refractivity contribution in [3.05, 3.63) is 18.0 Å². The Balaban J connectivity index is 3.14. The number of ether oxygens (including phenoxy) is 1. The lowest BCUT2D eigenvalue weighted by Gasteiger charge is -2.14. The summed E-state index contributed by atoms with van der Waals surface area (Å²) in [6.07, 6.45) is 1.26. The highest BCUT2D eigenvalue weighted by atomic mass is 32.2. The first kappa shape index (κ1) is 17.6. The number of sulfonamides is 1. The molecule has 0 amide bonds. The van der Waals surface area contributed by atoms with Gasteiger partial charge in [0.25, 0.3) is 0 Å². The Morgan fingerprint density at radius 1 is 1.48 bits per heavy atom. The molecule has 0 radical (unpaired) electrons. The Labute approximate surface area is 123 Å². The molecule has 21 heavy (non-hydrogen) atoms. The molecule has 8 nitrogen and oxygen atoms in total. The van der Waals surface area contributed by atoms with Crippen molar-refractivity contribution in [3.63, 3.8) is 0 Å². The van der Waals surface area contributed by atoms with Crippen molar-refractivity contribution in [3.8, 4) is 0 Å². The van der Waals surface area contributed by atoms with Crippen molar-refractivity contribution in [2.75, 3.05) is 20.3 Å². The third-order valence-electron chi connectivity index (χ3n) is 2.82. The van der Waals surface area contributed by atoms with Crippen molar-refractivity contribution in [1.29, 1.82) is 0 Å². The molecular weight excluding hydrogens is 300 g/mol. The van der Waals surface area contributed by atoms with E-state index in [9.17, 15) is 13.2 Å². The van der Waals surface area contributed by atoms with Gasteiger partial charge in [0.05, 0.1) is 19.3 Å². The molecule has 3 N–H and O–H groups in total. The summed E-state index contributed by atoms with van der Waals surface area (Å²) in [6, 6.07) is 0.0923. The predicted molar refractivity (Wildman–Crippen MR) is 74.8 cm³/mol. The van der Waals surface area contributed by atoms with Crippen LogP contribution in [0.25, 0.3) is 0 Å². The SMILES string of the molecule is COCC(CO)NS(=O)(=O)c1cc(C(=O)O)n(C(C)C)c1. The first-order valence-electron chi connectivity index (χ1n) is 6.30. The van der Waals surface area contributed by atoms with E-state index in [0.717, 1.165) is 6.07 Å². The molecule has 0 fully saturated rings. The number of hydrogen-bond acceptors (Lipinski definition) is 5. The molecule has 0 spiro atoms. The van der Waals surface area contributed by atoms with Crippen LogP contribution in [-0.2, 0) is 14.8 Å². The van der Waals surface area contributed by atoms with Crippen LogP contribution in [0.15, 0.2) is 17.2 Å². The number of nitrogens with one attached hydrogen (secondary N) is 1. The summed E-state index contributed by atoms with van der Waals surface area (Å²) in [5, 5.41) is 18.2. The van der Waals surface area contributed by atoms with Gasteiger partial charge < -0.3 is 19.5 Å². The molecule has 1 atom stereocenters. The van der Waals surface area contributed by atoms with Crippen molar-refractivity contribution >= 4 is 16.0 Å². The highest BCUT2D eigenvalue weighted by molar-refractivity contribution is 7.89. The zero-order valence-electron chi connectivity index (χ0n) is 12.1. The zero-order chi connectivity index (χ0) is 16.2. The molecule has 1 unspecified atom stereocenters. The topological polar surface area (TPSA) is 118 Å². The van der Waals surface area contributed by atoms with Crippen LogP contribution in [-0.4, -0.2) is 55.5 Å².